The molecule has 43 heavy (non-hydrogen) atoms. The SMILES string of the molecule is CN1CCC1(C)COc1nc(N2CCN(C(=O)O)[C@@H](CC#N)C2)c2cnc(-c3cccc4ccc(F)c(Cl)c34)c(F)c2n1. The highest BCUT2D eigenvalue weighted by atomic mass is 35.5. The number of ether oxygens (including phenoxy) is 1. The molecule has 0 aliphatic carbocycles. The van der Waals surface area contributed by atoms with Crippen molar-refractivity contribution in [2.24, 2.45) is 0 Å². The average molecular weight is 608 g/mol. The molecule has 2 aliphatic rings. The Morgan fingerprint density at radius 3 is 2.74 bits per heavy atom. The van der Waals surface area contributed by atoms with Gasteiger partial charge >= 0.3 is 12.1 Å². The van der Waals surface area contributed by atoms with Crippen molar-refractivity contribution in [3.05, 3.63) is 53.2 Å². The lowest BCUT2D eigenvalue weighted by Gasteiger charge is -2.47. The number of nitriles is 1. The van der Waals surface area contributed by atoms with E-state index in [0.717, 1.165) is 13.0 Å². The average Bonchev–Trinajstić information content (AvgIpc) is 3.00. The minimum absolute atomic E-state index is 0.0188. The standard InChI is InChI=1S/C30H28ClF2N7O3/c1-30(9-11-38(30)2)16-43-28-36-26-20(27(37-28)39-12-13-40(29(41)42)18(15-39)8-10-34)14-35-25(24(26)33)19-5-3-4-17-6-7-21(32)23(31)22(17)19/h3-7,14,18H,8-9,11-13,15-16H2,1-2H3,(H,41,42)/t18-,30?/m0/s1. The van der Waals surface area contributed by atoms with Gasteiger partial charge in [-0.05, 0) is 31.8 Å². The summed E-state index contributed by atoms with van der Waals surface area (Å²) in [4.78, 5) is 30.5. The predicted octanol–water partition coefficient (Wildman–Crippen LogP) is 5.33. The number of pyridine rings is 1. The Morgan fingerprint density at radius 1 is 1.23 bits per heavy atom. The van der Waals surface area contributed by atoms with Crippen molar-refractivity contribution < 1.29 is 23.4 Å². The molecule has 2 fully saturated rings. The zero-order chi connectivity index (χ0) is 30.5. The number of rotatable bonds is 6. The fraction of sp³-hybridized carbons (Fsp3) is 0.367. The van der Waals surface area contributed by atoms with E-state index in [2.05, 4.69) is 32.8 Å². The van der Waals surface area contributed by atoms with Gasteiger partial charge in [0.05, 0.1) is 34.5 Å². The van der Waals surface area contributed by atoms with Gasteiger partial charge in [0.25, 0.3) is 0 Å². The summed E-state index contributed by atoms with van der Waals surface area (Å²) < 4.78 is 37.0. The van der Waals surface area contributed by atoms with Crippen molar-refractivity contribution in [1.29, 1.82) is 5.26 Å². The maximum atomic E-state index is 16.5. The molecule has 2 atom stereocenters. The number of amides is 1. The highest BCUT2D eigenvalue weighted by Gasteiger charge is 2.39. The van der Waals surface area contributed by atoms with Crippen LogP contribution in [0, 0.1) is 23.0 Å². The van der Waals surface area contributed by atoms with E-state index in [0.29, 0.717) is 22.2 Å². The lowest BCUT2D eigenvalue weighted by atomic mass is 9.88. The Morgan fingerprint density at radius 2 is 2.05 bits per heavy atom. The van der Waals surface area contributed by atoms with Gasteiger partial charge in [-0.3, -0.25) is 9.88 Å². The molecule has 2 aliphatic heterocycles. The summed E-state index contributed by atoms with van der Waals surface area (Å²) in [6.45, 7) is 3.79. The molecule has 2 saturated heterocycles. The Bertz CT molecular complexity index is 1800. The molecule has 4 aromatic rings. The number of carboxylic acid groups (broad SMARTS) is 1. The second-order valence-electron chi connectivity index (χ2n) is 11.2. The molecule has 1 amide bonds. The molecule has 0 spiro atoms. The summed E-state index contributed by atoms with van der Waals surface area (Å²) in [6, 6.07) is 9.30. The minimum Gasteiger partial charge on any atom is -0.465 e. The monoisotopic (exact) mass is 607 g/mol. The molecular weight excluding hydrogens is 580 g/mol. The van der Waals surface area contributed by atoms with Gasteiger partial charge in [-0.15, -0.1) is 0 Å². The smallest absolute Gasteiger partial charge is 0.407 e. The minimum atomic E-state index is -1.11. The fourth-order valence-electron chi connectivity index (χ4n) is 5.72. The molecule has 222 valence electrons. The molecule has 0 saturated carbocycles. The van der Waals surface area contributed by atoms with E-state index < -0.39 is 23.8 Å². The van der Waals surface area contributed by atoms with Crippen LogP contribution >= 0.6 is 11.6 Å². The molecule has 0 bridgehead atoms. The first-order valence-corrected chi connectivity index (χ1v) is 14.2. The topological polar surface area (TPSA) is 119 Å². The van der Waals surface area contributed by atoms with Crippen LogP contribution in [0.5, 0.6) is 6.01 Å². The zero-order valence-corrected chi connectivity index (χ0v) is 24.3. The van der Waals surface area contributed by atoms with Crippen LogP contribution < -0.4 is 9.64 Å². The van der Waals surface area contributed by atoms with Gasteiger partial charge in [0.1, 0.15) is 29.5 Å². The van der Waals surface area contributed by atoms with Crippen LogP contribution in [0.15, 0.2) is 36.5 Å². The molecule has 13 heteroatoms. The number of fused-ring (bicyclic) bond motifs is 2. The number of piperazine rings is 1. The number of anilines is 1. The van der Waals surface area contributed by atoms with Crippen LogP contribution in [0.2, 0.25) is 5.02 Å². The Balaban J connectivity index is 1.49. The highest BCUT2D eigenvalue weighted by molar-refractivity contribution is 6.36. The van der Waals surface area contributed by atoms with Gasteiger partial charge in [-0.25, -0.2) is 13.6 Å². The van der Waals surface area contributed by atoms with Crippen LogP contribution in [0.3, 0.4) is 0 Å². The molecule has 1 unspecified atom stereocenters. The molecular formula is C30H28ClF2N7O3. The van der Waals surface area contributed by atoms with E-state index in [-0.39, 0.29) is 65.8 Å². The van der Waals surface area contributed by atoms with Crippen molar-refractivity contribution in [3.63, 3.8) is 0 Å². The van der Waals surface area contributed by atoms with Crippen molar-refractivity contribution in [3.8, 4) is 23.3 Å². The van der Waals surface area contributed by atoms with Gasteiger partial charge < -0.3 is 19.6 Å². The number of aromatic nitrogens is 3. The van der Waals surface area contributed by atoms with Crippen LogP contribution in [-0.2, 0) is 0 Å². The quantitative estimate of drug-likeness (QED) is 0.310. The molecule has 0 radical (unpaired) electrons. The van der Waals surface area contributed by atoms with E-state index in [1.165, 1.54) is 17.2 Å². The number of likely N-dealkylation sites (tertiary alicyclic amines) is 1. The lowest BCUT2D eigenvalue weighted by molar-refractivity contribution is -0.0132. The summed E-state index contributed by atoms with van der Waals surface area (Å²) >= 11 is 6.34. The molecule has 4 heterocycles. The Kier molecular flexibility index (Phi) is 7.40. The summed E-state index contributed by atoms with van der Waals surface area (Å²) in [5.74, 6) is -1.08. The summed E-state index contributed by atoms with van der Waals surface area (Å²) in [5.41, 5.74) is -0.0456. The largest absolute Gasteiger partial charge is 0.465 e. The zero-order valence-electron chi connectivity index (χ0n) is 23.5. The second-order valence-corrected chi connectivity index (χ2v) is 11.6. The number of hydrogen-bond acceptors (Lipinski definition) is 8. The number of likely N-dealkylation sites (N-methyl/N-ethyl adjacent to an activating group) is 1. The van der Waals surface area contributed by atoms with Crippen LogP contribution in [0.4, 0.5) is 19.4 Å². The Hall–Kier alpha value is -4.34. The van der Waals surface area contributed by atoms with Crippen molar-refractivity contribution in [1.82, 2.24) is 24.8 Å². The highest BCUT2D eigenvalue weighted by Crippen LogP contribution is 2.39. The van der Waals surface area contributed by atoms with Gasteiger partial charge in [-0.1, -0.05) is 35.9 Å². The second kappa shape index (κ2) is 11.1. The maximum Gasteiger partial charge on any atom is 0.407 e. The van der Waals surface area contributed by atoms with Crippen molar-refractivity contribution in [2.75, 3.05) is 44.7 Å². The first-order valence-electron chi connectivity index (χ1n) is 13.8. The lowest BCUT2D eigenvalue weighted by Crippen LogP contribution is -2.59. The van der Waals surface area contributed by atoms with E-state index >= 15 is 4.39 Å². The predicted molar refractivity (Wildman–Crippen MR) is 157 cm³/mol. The van der Waals surface area contributed by atoms with Crippen LogP contribution in [0.1, 0.15) is 19.8 Å². The van der Waals surface area contributed by atoms with E-state index in [9.17, 15) is 19.6 Å². The summed E-state index contributed by atoms with van der Waals surface area (Å²) in [6.07, 6.45) is 1.23. The number of hydrogen-bond donors (Lipinski definition) is 1. The van der Waals surface area contributed by atoms with Gasteiger partial charge in [-0.2, -0.15) is 15.2 Å². The Labute approximate surface area is 251 Å². The van der Waals surface area contributed by atoms with E-state index in [1.54, 1.807) is 29.2 Å². The van der Waals surface area contributed by atoms with E-state index in [4.69, 9.17) is 16.3 Å². The number of carbonyl (C=O) groups is 1. The number of nitrogens with zero attached hydrogens (tertiary/aromatic N) is 7. The molecule has 2 aromatic carbocycles. The van der Waals surface area contributed by atoms with Gasteiger partial charge in [0.2, 0.25) is 0 Å². The summed E-state index contributed by atoms with van der Waals surface area (Å²) in [7, 11) is 1.99. The first-order chi connectivity index (χ1) is 20.6. The number of benzene rings is 2. The summed E-state index contributed by atoms with van der Waals surface area (Å²) in [5, 5.41) is 20.1. The van der Waals surface area contributed by atoms with Crippen LogP contribution in [-0.4, -0.2) is 87.4 Å². The third kappa shape index (κ3) is 5.02. The maximum absolute atomic E-state index is 16.5. The van der Waals surface area contributed by atoms with Crippen molar-refractivity contribution >= 4 is 45.2 Å². The third-order valence-corrected chi connectivity index (χ3v) is 8.98. The fourth-order valence-corrected chi connectivity index (χ4v) is 5.99. The number of halogens is 3. The molecule has 10 nitrogen and oxygen atoms in total. The molecule has 6 rings (SSSR count). The molecule has 1 N–H and O–H groups in total. The van der Waals surface area contributed by atoms with Crippen LogP contribution in [0.25, 0.3) is 32.9 Å². The van der Waals surface area contributed by atoms with Gasteiger partial charge in [0.15, 0.2) is 5.82 Å². The van der Waals surface area contributed by atoms with Crippen molar-refractivity contribution in [2.45, 2.75) is 31.3 Å². The normalized spacial score (nSPS) is 20.7. The molecule has 2 aromatic heterocycles. The van der Waals surface area contributed by atoms with E-state index in [1.807, 2.05) is 7.05 Å². The third-order valence-electron chi connectivity index (χ3n) is 8.61. The first kappa shape index (κ1) is 28.8. The van der Waals surface area contributed by atoms with Gasteiger partial charge in [0, 0.05) is 43.3 Å².